The summed E-state index contributed by atoms with van der Waals surface area (Å²) in [5.41, 5.74) is 0. The Balaban J connectivity index is -0.000000490. The first-order valence-electron chi connectivity index (χ1n) is 13.0. The molecule has 0 heterocycles. The molecule has 0 aromatic carbocycles. The maximum Gasteiger partial charge on any atom is 0.303 e. The Hall–Kier alpha value is -0.437. The number of carboxylic acid groups (broad SMARTS) is 2. The molecule has 0 unspecified atom stereocenters. The van der Waals surface area contributed by atoms with Crippen molar-refractivity contribution in [2.45, 2.75) is 155 Å². The van der Waals surface area contributed by atoms with E-state index in [1.165, 1.54) is 103 Å². The van der Waals surface area contributed by atoms with Crippen LogP contribution in [0.25, 0.3) is 0 Å². The molecule has 0 atom stereocenters. The molecule has 0 spiro atoms. The number of carboxylic acids is 2. The van der Waals surface area contributed by atoms with Crippen LogP contribution in [0.15, 0.2) is 0 Å². The standard InChI is InChI=1S/2C13H26O2.Zn/c2*1-2-3-4-5-6-7-8-9-10-11-12-13(14)15;/h2*2-12H2,1H3,(H,14,15);. The van der Waals surface area contributed by atoms with Crippen molar-refractivity contribution in [3.05, 3.63) is 0 Å². The second kappa shape index (κ2) is 31.7. The van der Waals surface area contributed by atoms with Crippen LogP contribution in [-0.2, 0) is 29.1 Å². The molecule has 2 N–H and O–H groups in total. The van der Waals surface area contributed by atoms with Crippen LogP contribution in [-0.4, -0.2) is 22.2 Å². The molecule has 0 aliphatic rings. The third kappa shape index (κ3) is 40.5. The minimum atomic E-state index is -0.658. The molecule has 5 heteroatoms. The fourth-order valence-electron chi connectivity index (χ4n) is 3.53. The molecule has 0 fully saturated rings. The molecule has 0 aromatic heterocycles. The van der Waals surface area contributed by atoms with Crippen molar-refractivity contribution in [3.63, 3.8) is 0 Å². The van der Waals surface area contributed by atoms with Gasteiger partial charge in [-0.2, -0.15) is 0 Å². The van der Waals surface area contributed by atoms with Crippen LogP contribution < -0.4 is 0 Å². The van der Waals surface area contributed by atoms with Crippen molar-refractivity contribution < 1.29 is 39.3 Å². The zero-order valence-electron chi connectivity index (χ0n) is 21.0. The summed E-state index contributed by atoms with van der Waals surface area (Å²) in [5, 5.41) is 16.9. The van der Waals surface area contributed by atoms with Gasteiger partial charge in [0.2, 0.25) is 0 Å². The van der Waals surface area contributed by atoms with Crippen LogP contribution in [0, 0.1) is 0 Å². The van der Waals surface area contributed by atoms with Crippen LogP contribution in [0.5, 0.6) is 0 Å². The predicted octanol–water partition coefficient (Wildman–Crippen LogP) is 8.76. The minimum Gasteiger partial charge on any atom is -0.481 e. The van der Waals surface area contributed by atoms with Crippen molar-refractivity contribution in [3.8, 4) is 0 Å². The quantitative estimate of drug-likeness (QED) is 0.117. The van der Waals surface area contributed by atoms with Crippen LogP contribution in [0.4, 0.5) is 0 Å². The van der Waals surface area contributed by atoms with Crippen molar-refractivity contribution in [1.82, 2.24) is 0 Å². The fraction of sp³-hybridized carbons (Fsp3) is 0.923. The largest absolute Gasteiger partial charge is 0.481 e. The summed E-state index contributed by atoms with van der Waals surface area (Å²) < 4.78 is 0. The Morgan fingerprint density at radius 3 is 0.806 bits per heavy atom. The molecule has 182 valence electrons. The average Bonchev–Trinajstić information content (AvgIpc) is 2.71. The van der Waals surface area contributed by atoms with Gasteiger partial charge in [0.15, 0.2) is 0 Å². The van der Waals surface area contributed by atoms with E-state index in [1.807, 2.05) is 0 Å². The van der Waals surface area contributed by atoms with Gasteiger partial charge in [0.1, 0.15) is 0 Å². The molecule has 0 bridgehead atoms. The Morgan fingerprint density at radius 2 is 0.613 bits per heavy atom. The zero-order chi connectivity index (χ0) is 22.7. The van der Waals surface area contributed by atoms with Gasteiger partial charge in [-0.1, -0.05) is 129 Å². The van der Waals surface area contributed by atoms with Gasteiger partial charge in [-0.3, -0.25) is 9.59 Å². The van der Waals surface area contributed by atoms with Gasteiger partial charge in [0, 0.05) is 32.3 Å². The third-order valence-corrected chi connectivity index (χ3v) is 5.49. The zero-order valence-corrected chi connectivity index (χ0v) is 23.9. The summed E-state index contributed by atoms with van der Waals surface area (Å²) in [4.78, 5) is 20.5. The van der Waals surface area contributed by atoms with Crippen molar-refractivity contribution in [2.75, 3.05) is 0 Å². The van der Waals surface area contributed by atoms with Crippen molar-refractivity contribution >= 4 is 11.9 Å². The van der Waals surface area contributed by atoms with Crippen LogP contribution in [0.1, 0.15) is 155 Å². The van der Waals surface area contributed by atoms with E-state index in [4.69, 9.17) is 10.2 Å². The number of carbonyl (C=O) groups is 2. The number of rotatable bonds is 22. The Morgan fingerprint density at radius 1 is 0.419 bits per heavy atom. The van der Waals surface area contributed by atoms with Crippen LogP contribution >= 0.6 is 0 Å². The topological polar surface area (TPSA) is 74.6 Å². The van der Waals surface area contributed by atoms with E-state index in [0.29, 0.717) is 12.8 Å². The molecule has 0 saturated carbocycles. The van der Waals surface area contributed by atoms with Gasteiger partial charge in [-0.05, 0) is 12.8 Å². The number of unbranched alkanes of at least 4 members (excludes halogenated alkanes) is 18. The molecule has 31 heavy (non-hydrogen) atoms. The van der Waals surface area contributed by atoms with Crippen LogP contribution in [0.3, 0.4) is 0 Å². The third-order valence-electron chi connectivity index (χ3n) is 5.49. The Kier molecular flexibility index (Phi) is 36.0. The van der Waals surface area contributed by atoms with E-state index >= 15 is 0 Å². The summed E-state index contributed by atoms with van der Waals surface area (Å²) in [6.07, 6.45) is 25.8. The molecule has 0 saturated heterocycles. The molecule has 4 nitrogen and oxygen atoms in total. The molecule has 0 aliphatic carbocycles. The summed E-state index contributed by atoms with van der Waals surface area (Å²) in [6.45, 7) is 4.48. The first-order chi connectivity index (χ1) is 14.5. The van der Waals surface area contributed by atoms with Gasteiger partial charge >= 0.3 is 11.9 Å². The second-order valence-corrected chi connectivity index (χ2v) is 8.65. The summed E-state index contributed by atoms with van der Waals surface area (Å²) in [5.74, 6) is -1.32. The molecule has 0 aromatic rings. The molecule has 0 amide bonds. The molecular weight excluding hydrogens is 442 g/mol. The number of hydrogen-bond donors (Lipinski definition) is 2. The normalized spacial score (nSPS) is 10.1. The molecular formula is C26H52O4Zn. The second-order valence-electron chi connectivity index (χ2n) is 8.65. The van der Waals surface area contributed by atoms with Gasteiger partial charge in [-0.15, -0.1) is 0 Å². The molecule has 0 radical (unpaired) electrons. The van der Waals surface area contributed by atoms with E-state index in [0.717, 1.165) is 25.7 Å². The first kappa shape index (κ1) is 35.2. The Labute approximate surface area is 206 Å². The Bertz CT molecular complexity index is 327. The number of aliphatic carboxylic acids is 2. The van der Waals surface area contributed by atoms with Gasteiger partial charge in [0.25, 0.3) is 0 Å². The summed E-state index contributed by atoms with van der Waals surface area (Å²) >= 11 is 0. The fourth-order valence-corrected chi connectivity index (χ4v) is 3.53. The SMILES string of the molecule is CCCCCCCCCCCCC(=O)O.CCCCCCCCCCCCC(=O)O.[Zn]. The molecule has 0 aliphatic heterocycles. The van der Waals surface area contributed by atoms with Crippen molar-refractivity contribution in [1.29, 1.82) is 0 Å². The van der Waals surface area contributed by atoms with Gasteiger partial charge < -0.3 is 10.2 Å². The monoisotopic (exact) mass is 492 g/mol. The van der Waals surface area contributed by atoms with Crippen LogP contribution in [0.2, 0.25) is 0 Å². The molecule has 0 rings (SSSR count). The maximum atomic E-state index is 10.2. The predicted molar refractivity (Wildman–Crippen MR) is 128 cm³/mol. The van der Waals surface area contributed by atoms with E-state index in [1.54, 1.807) is 0 Å². The smallest absolute Gasteiger partial charge is 0.303 e. The van der Waals surface area contributed by atoms with E-state index < -0.39 is 11.9 Å². The maximum absolute atomic E-state index is 10.2. The van der Waals surface area contributed by atoms with E-state index in [-0.39, 0.29) is 19.5 Å². The summed E-state index contributed by atoms with van der Waals surface area (Å²) in [6, 6.07) is 0. The van der Waals surface area contributed by atoms with Gasteiger partial charge in [-0.25, -0.2) is 0 Å². The van der Waals surface area contributed by atoms with Crippen molar-refractivity contribution in [2.24, 2.45) is 0 Å². The van der Waals surface area contributed by atoms with E-state index in [2.05, 4.69) is 13.8 Å². The minimum absolute atomic E-state index is 0. The average molecular weight is 494 g/mol. The summed E-state index contributed by atoms with van der Waals surface area (Å²) in [7, 11) is 0. The van der Waals surface area contributed by atoms with Gasteiger partial charge in [0.05, 0.1) is 0 Å². The van der Waals surface area contributed by atoms with E-state index in [9.17, 15) is 9.59 Å². The first-order valence-corrected chi connectivity index (χ1v) is 13.0. The number of hydrogen-bond acceptors (Lipinski definition) is 2.